The average Bonchev–Trinajstić information content (AvgIpc) is 2.84. The summed E-state index contributed by atoms with van der Waals surface area (Å²) in [6.07, 6.45) is 4.65. The molecule has 1 aromatic rings. The van der Waals surface area contributed by atoms with Gasteiger partial charge in [0.05, 0.1) is 11.1 Å². The van der Waals surface area contributed by atoms with Crippen LogP contribution >= 0.6 is 11.3 Å². The van der Waals surface area contributed by atoms with Crippen molar-refractivity contribution in [3.63, 3.8) is 0 Å². The number of carbonyl (C=O) groups is 1. The van der Waals surface area contributed by atoms with Crippen LogP contribution in [0.4, 0.5) is 0 Å². The Kier molecular flexibility index (Phi) is 3.33. The Morgan fingerprint density at radius 2 is 2.33 bits per heavy atom. The van der Waals surface area contributed by atoms with Crippen LogP contribution in [0.25, 0.3) is 0 Å². The smallest absolute Gasteiger partial charge is 0.270 e. The number of aryl methyl sites for hydroxylation is 1. The largest absolute Gasteiger partial charge is 0.294 e. The molecule has 82 valence electrons. The van der Waals surface area contributed by atoms with Gasteiger partial charge < -0.3 is 0 Å². The minimum Gasteiger partial charge on any atom is -0.270 e. The summed E-state index contributed by atoms with van der Waals surface area (Å²) in [4.78, 5) is 20.9. The van der Waals surface area contributed by atoms with Crippen LogP contribution in [0.15, 0.2) is 5.38 Å². The zero-order valence-corrected chi connectivity index (χ0v) is 9.47. The van der Waals surface area contributed by atoms with Crippen LogP contribution in [0, 0.1) is 6.92 Å². The summed E-state index contributed by atoms with van der Waals surface area (Å²) in [7, 11) is 0. The van der Waals surface area contributed by atoms with Crippen molar-refractivity contribution in [2.24, 2.45) is 0 Å². The molecule has 2 rings (SSSR count). The van der Waals surface area contributed by atoms with E-state index in [1.807, 2.05) is 6.92 Å². The number of nitrogens with zero attached hydrogens (tertiary/aromatic N) is 1. The first-order valence-electron chi connectivity index (χ1n) is 5.14. The molecule has 5 heteroatoms. The van der Waals surface area contributed by atoms with E-state index in [-0.39, 0.29) is 12.0 Å². The summed E-state index contributed by atoms with van der Waals surface area (Å²) in [6.45, 7) is 1.87. The molecule has 1 aliphatic carbocycles. The molecule has 0 aromatic carbocycles. The van der Waals surface area contributed by atoms with Crippen molar-refractivity contribution >= 4 is 17.2 Å². The number of nitrogens with one attached hydrogen (secondary N) is 1. The molecular weight excluding hydrogens is 212 g/mol. The van der Waals surface area contributed by atoms with E-state index < -0.39 is 0 Å². The molecule has 1 amide bonds. The van der Waals surface area contributed by atoms with E-state index >= 15 is 0 Å². The topological polar surface area (TPSA) is 51.2 Å². The lowest BCUT2D eigenvalue weighted by atomic mass is 10.3. The highest BCUT2D eigenvalue weighted by molar-refractivity contribution is 7.09. The minimum absolute atomic E-state index is 0.189. The van der Waals surface area contributed by atoms with Crippen molar-refractivity contribution in [1.82, 2.24) is 10.5 Å². The SMILES string of the molecule is Cc1nc(C(=O)NOC2CCCC2)cs1. The Balaban J connectivity index is 1.81. The Morgan fingerprint density at radius 1 is 1.60 bits per heavy atom. The number of hydroxylamine groups is 1. The normalized spacial score (nSPS) is 16.9. The monoisotopic (exact) mass is 226 g/mol. The molecule has 0 saturated heterocycles. The summed E-state index contributed by atoms with van der Waals surface area (Å²) >= 11 is 1.46. The van der Waals surface area contributed by atoms with Crippen molar-refractivity contribution in [2.45, 2.75) is 38.7 Å². The maximum absolute atomic E-state index is 11.5. The highest BCUT2D eigenvalue weighted by atomic mass is 32.1. The van der Waals surface area contributed by atoms with E-state index in [2.05, 4.69) is 10.5 Å². The highest BCUT2D eigenvalue weighted by Crippen LogP contribution is 2.20. The molecule has 0 radical (unpaired) electrons. The zero-order valence-electron chi connectivity index (χ0n) is 8.66. The van der Waals surface area contributed by atoms with Gasteiger partial charge in [0.15, 0.2) is 0 Å². The second-order valence-electron chi connectivity index (χ2n) is 3.71. The number of rotatable bonds is 3. The molecular formula is C10H14N2O2S. The van der Waals surface area contributed by atoms with E-state index in [4.69, 9.17) is 4.84 Å². The van der Waals surface area contributed by atoms with E-state index in [1.165, 1.54) is 24.2 Å². The molecule has 1 aromatic heterocycles. The van der Waals surface area contributed by atoms with Gasteiger partial charge in [-0.2, -0.15) is 0 Å². The van der Waals surface area contributed by atoms with Crippen molar-refractivity contribution in [3.05, 3.63) is 16.1 Å². The van der Waals surface area contributed by atoms with Gasteiger partial charge in [0.2, 0.25) is 0 Å². The van der Waals surface area contributed by atoms with Crippen LogP contribution in [-0.4, -0.2) is 17.0 Å². The Labute approximate surface area is 92.6 Å². The van der Waals surface area contributed by atoms with Crippen LogP contribution in [0.5, 0.6) is 0 Å². The maximum atomic E-state index is 11.5. The molecule has 1 saturated carbocycles. The first kappa shape index (κ1) is 10.6. The minimum atomic E-state index is -0.244. The van der Waals surface area contributed by atoms with Crippen molar-refractivity contribution in [2.75, 3.05) is 0 Å². The van der Waals surface area contributed by atoms with Gasteiger partial charge in [-0.15, -0.1) is 11.3 Å². The standard InChI is InChI=1S/C10H14N2O2S/c1-7-11-9(6-15-7)10(13)12-14-8-4-2-3-5-8/h6,8H,2-5H2,1H3,(H,12,13). The van der Waals surface area contributed by atoms with Gasteiger partial charge in [-0.3, -0.25) is 9.63 Å². The third-order valence-corrected chi connectivity index (χ3v) is 3.25. The summed E-state index contributed by atoms with van der Waals surface area (Å²) < 4.78 is 0. The first-order chi connectivity index (χ1) is 7.25. The average molecular weight is 226 g/mol. The molecule has 1 heterocycles. The second-order valence-corrected chi connectivity index (χ2v) is 4.77. The van der Waals surface area contributed by atoms with Crippen LogP contribution in [0.3, 0.4) is 0 Å². The fourth-order valence-corrected chi connectivity index (χ4v) is 2.26. The third kappa shape index (κ3) is 2.76. The lowest BCUT2D eigenvalue weighted by Crippen LogP contribution is -2.28. The number of hydrogen-bond acceptors (Lipinski definition) is 4. The third-order valence-electron chi connectivity index (χ3n) is 2.47. The van der Waals surface area contributed by atoms with Crippen LogP contribution in [0.1, 0.15) is 41.2 Å². The Morgan fingerprint density at radius 3 is 2.93 bits per heavy atom. The number of carbonyl (C=O) groups excluding carboxylic acids is 1. The second kappa shape index (κ2) is 4.72. The first-order valence-corrected chi connectivity index (χ1v) is 6.02. The number of aromatic nitrogens is 1. The summed E-state index contributed by atoms with van der Waals surface area (Å²) in [6, 6.07) is 0. The van der Waals surface area contributed by atoms with E-state index in [1.54, 1.807) is 5.38 Å². The van der Waals surface area contributed by atoms with E-state index in [0.29, 0.717) is 5.69 Å². The molecule has 15 heavy (non-hydrogen) atoms. The molecule has 0 unspecified atom stereocenters. The number of thiazole rings is 1. The fourth-order valence-electron chi connectivity index (χ4n) is 1.66. The lowest BCUT2D eigenvalue weighted by Gasteiger charge is -2.09. The van der Waals surface area contributed by atoms with Gasteiger partial charge in [-0.1, -0.05) is 12.8 Å². The predicted octanol–water partition coefficient (Wildman–Crippen LogP) is 2.06. The zero-order chi connectivity index (χ0) is 10.7. The molecule has 1 fully saturated rings. The van der Waals surface area contributed by atoms with Crippen molar-refractivity contribution < 1.29 is 9.63 Å². The quantitative estimate of drug-likeness (QED) is 0.802. The molecule has 0 spiro atoms. The summed E-state index contributed by atoms with van der Waals surface area (Å²) in [5.41, 5.74) is 2.90. The molecule has 1 N–H and O–H groups in total. The lowest BCUT2D eigenvalue weighted by molar-refractivity contribution is -0.0127. The molecule has 4 nitrogen and oxygen atoms in total. The van der Waals surface area contributed by atoms with Gasteiger partial charge in [-0.25, -0.2) is 10.5 Å². The molecule has 1 aliphatic rings. The van der Waals surface area contributed by atoms with Crippen molar-refractivity contribution in [3.8, 4) is 0 Å². The number of hydrogen-bond donors (Lipinski definition) is 1. The van der Waals surface area contributed by atoms with Gasteiger partial charge in [0, 0.05) is 5.38 Å². The predicted molar refractivity (Wildman–Crippen MR) is 57.7 cm³/mol. The number of amides is 1. The summed E-state index contributed by atoms with van der Waals surface area (Å²) in [5.74, 6) is -0.244. The van der Waals surface area contributed by atoms with Gasteiger partial charge >= 0.3 is 0 Å². The maximum Gasteiger partial charge on any atom is 0.294 e. The van der Waals surface area contributed by atoms with Crippen LogP contribution in [0.2, 0.25) is 0 Å². The van der Waals surface area contributed by atoms with Crippen LogP contribution in [-0.2, 0) is 4.84 Å². The van der Waals surface area contributed by atoms with Gasteiger partial charge in [-0.05, 0) is 19.8 Å². The molecule has 0 atom stereocenters. The Bertz CT molecular complexity index is 345. The van der Waals surface area contributed by atoms with Crippen molar-refractivity contribution in [1.29, 1.82) is 0 Å². The van der Waals surface area contributed by atoms with Gasteiger partial charge in [0.25, 0.3) is 5.91 Å². The molecule has 0 aliphatic heterocycles. The van der Waals surface area contributed by atoms with Crippen LogP contribution < -0.4 is 5.48 Å². The van der Waals surface area contributed by atoms with Gasteiger partial charge in [0.1, 0.15) is 5.69 Å². The fraction of sp³-hybridized carbons (Fsp3) is 0.600. The highest BCUT2D eigenvalue weighted by Gasteiger charge is 2.17. The van der Waals surface area contributed by atoms with E-state index in [0.717, 1.165) is 17.8 Å². The Hall–Kier alpha value is -0.940. The molecule has 0 bridgehead atoms. The van der Waals surface area contributed by atoms with E-state index in [9.17, 15) is 4.79 Å². The summed E-state index contributed by atoms with van der Waals surface area (Å²) in [5, 5.41) is 2.63.